The Morgan fingerprint density at radius 2 is 2.12 bits per heavy atom. The second kappa shape index (κ2) is 5.83. The van der Waals surface area contributed by atoms with Gasteiger partial charge in [0.1, 0.15) is 6.61 Å². The maximum atomic E-state index is 11.6. The van der Waals surface area contributed by atoms with Crippen LogP contribution in [0.4, 0.5) is 0 Å². The molecule has 1 heterocycles. The molecule has 1 aliphatic carbocycles. The van der Waals surface area contributed by atoms with E-state index in [4.69, 9.17) is 4.74 Å². The van der Waals surface area contributed by atoms with Crippen molar-refractivity contribution in [3.05, 3.63) is 0 Å². The van der Waals surface area contributed by atoms with Gasteiger partial charge in [-0.3, -0.25) is 4.79 Å². The summed E-state index contributed by atoms with van der Waals surface area (Å²) in [7, 11) is 0. The topological polar surface area (TPSA) is 50.4 Å². The molecule has 2 rings (SSSR count). The molecular weight excluding hydrogens is 216 g/mol. The van der Waals surface area contributed by atoms with Gasteiger partial charge in [0.05, 0.1) is 6.10 Å². The van der Waals surface area contributed by atoms with Crippen LogP contribution in [0.2, 0.25) is 0 Å². The highest BCUT2D eigenvalue weighted by atomic mass is 16.5. The van der Waals surface area contributed by atoms with Gasteiger partial charge in [0.2, 0.25) is 5.91 Å². The minimum Gasteiger partial charge on any atom is -0.368 e. The monoisotopic (exact) mass is 240 g/mol. The third-order valence-corrected chi connectivity index (χ3v) is 4.01. The maximum absolute atomic E-state index is 11.6. The first kappa shape index (κ1) is 12.8. The summed E-state index contributed by atoms with van der Waals surface area (Å²) in [4.78, 5) is 11.6. The lowest BCUT2D eigenvalue weighted by molar-refractivity contribution is -0.129. The van der Waals surface area contributed by atoms with E-state index >= 15 is 0 Å². The minimum atomic E-state index is 0.0386. The number of amides is 1. The molecule has 0 unspecified atom stereocenters. The van der Waals surface area contributed by atoms with Gasteiger partial charge in [-0.1, -0.05) is 13.3 Å². The van der Waals surface area contributed by atoms with Gasteiger partial charge in [0.15, 0.2) is 0 Å². The van der Waals surface area contributed by atoms with Gasteiger partial charge in [0.25, 0.3) is 0 Å². The molecule has 2 N–H and O–H groups in total. The zero-order valence-electron chi connectivity index (χ0n) is 10.8. The molecule has 0 bridgehead atoms. The van der Waals surface area contributed by atoms with Gasteiger partial charge >= 0.3 is 0 Å². The number of hydrogen-bond acceptors (Lipinski definition) is 3. The highest BCUT2D eigenvalue weighted by Gasteiger charge is 2.31. The van der Waals surface area contributed by atoms with Crippen molar-refractivity contribution in [2.75, 3.05) is 26.2 Å². The van der Waals surface area contributed by atoms with Crippen molar-refractivity contribution in [1.29, 1.82) is 0 Å². The number of piperidine rings is 1. The largest absolute Gasteiger partial charge is 0.368 e. The molecule has 1 aliphatic heterocycles. The van der Waals surface area contributed by atoms with Crippen LogP contribution in [0.5, 0.6) is 0 Å². The number of rotatable bonds is 5. The summed E-state index contributed by atoms with van der Waals surface area (Å²) < 4.78 is 5.61. The Morgan fingerprint density at radius 1 is 1.41 bits per heavy atom. The van der Waals surface area contributed by atoms with Crippen molar-refractivity contribution in [3.63, 3.8) is 0 Å². The van der Waals surface area contributed by atoms with E-state index in [1.807, 2.05) is 0 Å². The van der Waals surface area contributed by atoms with E-state index in [-0.39, 0.29) is 18.6 Å². The molecule has 0 aromatic rings. The van der Waals surface area contributed by atoms with Crippen LogP contribution in [-0.2, 0) is 9.53 Å². The van der Waals surface area contributed by atoms with Gasteiger partial charge in [0, 0.05) is 6.54 Å². The first-order valence-corrected chi connectivity index (χ1v) is 6.77. The van der Waals surface area contributed by atoms with E-state index in [0.29, 0.717) is 5.41 Å². The van der Waals surface area contributed by atoms with Crippen molar-refractivity contribution >= 4 is 5.91 Å². The third kappa shape index (κ3) is 3.96. The zero-order chi connectivity index (χ0) is 12.1. The lowest BCUT2D eigenvalue weighted by atomic mass is 9.70. The van der Waals surface area contributed by atoms with Crippen LogP contribution in [-0.4, -0.2) is 38.3 Å². The molecule has 0 aromatic heterocycles. The molecule has 0 radical (unpaired) electrons. The molecule has 0 atom stereocenters. The van der Waals surface area contributed by atoms with E-state index in [9.17, 15) is 4.79 Å². The molecular formula is C13H24N2O2. The van der Waals surface area contributed by atoms with Crippen LogP contribution in [0, 0.1) is 5.41 Å². The predicted octanol–water partition coefficient (Wildman–Crippen LogP) is 1.06. The molecule has 4 heteroatoms. The van der Waals surface area contributed by atoms with E-state index in [0.717, 1.165) is 32.5 Å². The zero-order valence-corrected chi connectivity index (χ0v) is 10.8. The van der Waals surface area contributed by atoms with Crippen molar-refractivity contribution in [2.45, 2.75) is 45.1 Å². The van der Waals surface area contributed by atoms with Gasteiger partial charge in [-0.25, -0.2) is 0 Å². The second-order valence-electron chi connectivity index (χ2n) is 5.70. The van der Waals surface area contributed by atoms with Crippen LogP contribution in [0.1, 0.15) is 39.0 Å². The first-order chi connectivity index (χ1) is 8.18. The van der Waals surface area contributed by atoms with Crippen LogP contribution >= 0.6 is 0 Å². The highest BCUT2D eigenvalue weighted by Crippen LogP contribution is 2.39. The maximum Gasteiger partial charge on any atom is 0.246 e. The average molecular weight is 240 g/mol. The summed E-state index contributed by atoms with van der Waals surface area (Å²) in [6.07, 6.45) is 6.08. The molecule has 1 amide bonds. The molecule has 2 fully saturated rings. The number of ether oxygens (including phenoxy) is 1. The SMILES string of the molecule is CC1(CNC(=O)COC2CCNCC2)CCC1. The summed E-state index contributed by atoms with van der Waals surface area (Å²) in [6, 6.07) is 0. The molecule has 0 spiro atoms. The Labute approximate surface area is 103 Å². The number of carbonyl (C=O) groups is 1. The number of nitrogens with one attached hydrogen (secondary N) is 2. The Morgan fingerprint density at radius 3 is 2.71 bits per heavy atom. The second-order valence-corrected chi connectivity index (χ2v) is 5.70. The number of hydrogen-bond donors (Lipinski definition) is 2. The van der Waals surface area contributed by atoms with Gasteiger partial charge < -0.3 is 15.4 Å². The fourth-order valence-corrected chi connectivity index (χ4v) is 2.48. The van der Waals surface area contributed by atoms with Crippen LogP contribution < -0.4 is 10.6 Å². The fourth-order valence-electron chi connectivity index (χ4n) is 2.48. The van der Waals surface area contributed by atoms with Crippen molar-refractivity contribution in [3.8, 4) is 0 Å². The Kier molecular flexibility index (Phi) is 4.40. The summed E-state index contributed by atoms with van der Waals surface area (Å²) in [6.45, 7) is 5.28. The van der Waals surface area contributed by atoms with Crippen molar-refractivity contribution in [1.82, 2.24) is 10.6 Å². The molecule has 1 saturated heterocycles. The number of carbonyl (C=O) groups excluding carboxylic acids is 1. The molecule has 4 nitrogen and oxygen atoms in total. The summed E-state index contributed by atoms with van der Waals surface area (Å²) in [5.41, 5.74) is 0.352. The van der Waals surface area contributed by atoms with E-state index in [1.54, 1.807) is 0 Å². The van der Waals surface area contributed by atoms with Crippen LogP contribution in [0.25, 0.3) is 0 Å². The Bertz CT molecular complexity index is 258. The average Bonchev–Trinajstić information content (AvgIpc) is 2.33. The minimum absolute atomic E-state index is 0.0386. The van der Waals surface area contributed by atoms with Gasteiger partial charge in [-0.2, -0.15) is 0 Å². The van der Waals surface area contributed by atoms with Gasteiger partial charge in [-0.15, -0.1) is 0 Å². The van der Waals surface area contributed by atoms with E-state index in [2.05, 4.69) is 17.6 Å². The molecule has 0 aromatic carbocycles. The third-order valence-electron chi connectivity index (χ3n) is 4.01. The van der Waals surface area contributed by atoms with E-state index in [1.165, 1.54) is 19.3 Å². The van der Waals surface area contributed by atoms with Crippen LogP contribution in [0.3, 0.4) is 0 Å². The predicted molar refractivity (Wildman–Crippen MR) is 66.8 cm³/mol. The fraction of sp³-hybridized carbons (Fsp3) is 0.923. The quantitative estimate of drug-likeness (QED) is 0.755. The summed E-state index contributed by atoms with van der Waals surface area (Å²) in [5, 5.41) is 6.27. The summed E-state index contributed by atoms with van der Waals surface area (Å²) in [5.74, 6) is 0.0386. The van der Waals surface area contributed by atoms with Crippen molar-refractivity contribution < 1.29 is 9.53 Å². The standard InChI is InChI=1S/C13H24N2O2/c1-13(5-2-6-13)10-15-12(16)9-17-11-3-7-14-8-4-11/h11,14H,2-10H2,1H3,(H,15,16). The van der Waals surface area contributed by atoms with Crippen LogP contribution in [0.15, 0.2) is 0 Å². The van der Waals surface area contributed by atoms with E-state index < -0.39 is 0 Å². The molecule has 98 valence electrons. The lowest BCUT2D eigenvalue weighted by Crippen LogP contribution is -2.42. The van der Waals surface area contributed by atoms with Gasteiger partial charge in [-0.05, 0) is 44.2 Å². The molecule has 1 saturated carbocycles. The van der Waals surface area contributed by atoms with Crippen molar-refractivity contribution in [2.24, 2.45) is 5.41 Å². The molecule has 17 heavy (non-hydrogen) atoms. The Balaban J connectivity index is 1.57. The normalized spacial score (nSPS) is 24.1. The lowest BCUT2D eigenvalue weighted by Gasteiger charge is -2.38. The smallest absolute Gasteiger partial charge is 0.246 e. The summed E-state index contributed by atoms with van der Waals surface area (Å²) >= 11 is 0. The Hall–Kier alpha value is -0.610. The molecule has 2 aliphatic rings. The first-order valence-electron chi connectivity index (χ1n) is 6.77. The highest BCUT2D eigenvalue weighted by molar-refractivity contribution is 5.77.